The molecule has 0 aliphatic heterocycles. The smallest absolute Gasteiger partial charge is 0.0487 e. The average molecular weight is 220 g/mol. The van der Waals surface area contributed by atoms with Crippen molar-refractivity contribution in [3.63, 3.8) is 0 Å². The Morgan fingerprint density at radius 3 is 1.81 bits per heavy atom. The summed E-state index contributed by atoms with van der Waals surface area (Å²) < 4.78 is 0. The van der Waals surface area contributed by atoms with Gasteiger partial charge in [0.05, 0.1) is 0 Å². The van der Waals surface area contributed by atoms with Crippen LogP contribution in [0.3, 0.4) is 0 Å². The van der Waals surface area contributed by atoms with E-state index in [1.54, 1.807) is 0 Å². The van der Waals surface area contributed by atoms with Crippen molar-refractivity contribution in [2.45, 2.75) is 51.4 Å². The molecule has 2 atom stereocenters. The fourth-order valence-electron chi connectivity index (χ4n) is 4.25. The summed E-state index contributed by atoms with van der Waals surface area (Å²) in [6, 6.07) is 0. The number of hydrogen-bond donors (Lipinski definition) is 1. The number of hydrogen-bond acceptors (Lipinski definition) is 1. The first-order valence-corrected chi connectivity index (χ1v) is 7.09. The summed E-state index contributed by atoms with van der Waals surface area (Å²) in [6.07, 6.45) is 15.9. The molecule has 4 rings (SSSR count). The third-order valence-electron chi connectivity index (χ3n) is 5.39. The van der Waals surface area contributed by atoms with E-state index in [-0.39, 0.29) is 0 Å². The fraction of sp³-hybridized carbons (Fsp3) is 0.867. The summed E-state index contributed by atoms with van der Waals surface area (Å²) in [6.45, 7) is 0.448. The number of fused-ring (bicyclic) bond motifs is 4. The van der Waals surface area contributed by atoms with Gasteiger partial charge in [-0.15, -0.1) is 0 Å². The van der Waals surface area contributed by atoms with Gasteiger partial charge < -0.3 is 5.11 Å². The fourth-order valence-corrected chi connectivity index (χ4v) is 4.25. The summed E-state index contributed by atoms with van der Waals surface area (Å²) in [7, 11) is 0. The van der Waals surface area contributed by atoms with Gasteiger partial charge in [-0.2, -0.15) is 0 Å². The van der Waals surface area contributed by atoms with Crippen molar-refractivity contribution in [3.8, 4) is 0 Å². The van der Waals surface area contributed by atoms with Crippen molar-refractivity contribution in [2.75, 3.05) is 6.61 Å². The molecule has 3 saturated carbocycles. The van der Waals surface area contributed by atoms with E-state index in [4.69, 9.17) is 5.11 Å². The Labute approximate surface area is 98.9 Å². The predicted octanol–water partition coefficient (Wildman–Crippen LogP) is 3.53. The summed E-state index contributed by atoms with van der Waals surface area (Å²) in [5, 5.41) is 9.04. The lowest BCUT2D eigenvalue weighted by atomic mass is 9.85. The molecule has 2 unspecified atom stereocenters. The SMILES string of the molecule is C1=CC2CCC1C2.OCC12CCC(CC1)C2. The maximum absolute atomic E-state index is 9.04. The van der Waals surface area contributed by atoms with Crippen LogP contribution in [0.4, 0.5) is 0 Å². The zero-order chi connectivity index (χ0) is 11.0. The van der Waals surface area contributed by atoms with Crippen LogP contribution >= 0.6 is 0 Å². The maximum atomic E-state index is 9.04. The van der Waals surface area contributed by atoms with Crippen molar-refractivity contribution in [1.29, 1.82) is 0 Å². The van der Waals surface area contributed by atoms with Crippen LogP contribution in [0.2, 0.25) is 0 Å². The highest BCUT2D eigenvalue weighted by atomic mass is 16.3. The Morgan fingerprint density at radius 2 is 1.62 bits per heavy atom. The number of rotatable bonds is 1. The molecule has 0 aromatic carbocycles. The number of aliphatic hydroxyl groups excluding tert-OH is 1. The van der Waals surface area contributed by atoms with Crippen LogP contribution in [0, 0.1) is 23.2 Å². The van der Waals surface area contributed by atoms with E-state index in [0.29, 0.717) is 12.0 Å². The van der Waals surface area contributed by atoms with E-state index in [9.17, 15) is 0 Å². The molecule has 1 heteroatoms. The minimum Gasteiger partial charge on any atom is -0.396 e. The van der Waals surface area contributed by atoms with E-state index in [0.717, 1.165) is 17.8 Å². The molecule has 0 saturated heterocycles. The van der Waals surface area contributed by atoms with Crippen LogP contribution in [0.15, 0.2) is 12.2 Å². The molecular formula is C15H24O. The monoisotopic (exact) mass is 220 g/mol. The van der Waals surface area contributed by atoms with E-state index < -0.39 is 0 Å². The highest BCUT2D eigenvalue weighted by Gasteiger charge is 2.43. The highest BCUT2D eigenvalue weighted by Crippen LogP contribution is 2.53. The molecule has 0 spiro atoms. The maximum Gasteiger partial charge on any atom is 0.0487 e. The minimum atomic E-state index is 0.407. The Bertz CT molecular complexity index is 261. The molecule has 0 heterocycles. The second kappa shape index (κ2) is 4.18. The molecule has 0 amide bonds. The Hall–Kier alpha value is -0.300. The van der Waals surface area contributed by atoms with E-state index in [1.165, 1.54) is 51.4 Å². The van der Waals surface area contributed by atoms with E-state index >= 15 is 0 Å². The molecule has 0 aromatic heterocycles. The number of allylic oxidation sites excluding steroid dienone is 2. The summed E-state index contributed by atoms with van der Waals surface area (Å²) in [5.41, 5.74) is 0.407. The minimum absolute atomic E-state index is 0.407. The largest absolute Gasteiger partial charge is 0.396 e. The molecule has 0 aromatic rings. The molecule has 4 aliphatic rings. The van der Waals surface area contributed by atoms with Gasteiger partial charge in [-0.05, 0) is 74.5 Å². The number of aliphatic hydroxyl groups is 1. The van der Waals surface area contributed by atoms with E-state index in [1.807, 2.05) is 0 Å². The first-order chi connectivity index (χ1) is 7.80. The van der Waals surface area contributed by atoms with Crippen LogP contribution in [-0.2, 0) is 0 Å². The van der Waals surface area contributed by atoms with Crippen molar-refractivity contribution in [2.24, 2.45) is 23.2 Å². The first kappa shape index (κ1) is 10.8. The van der Waals surface area contributed by atoms with Gasteiger partial charge in [0.25, 0.3) is 0 Å². The molecule has 4 bridgehead atoms. The molecule has 16 heavy (non-hydrogen) atoms. The highest BCUT2D eigenvalue weighted by molar-refractivity contribution is 5.06. The lowest BCUT2D eigenvalue weighted by molar-refractivity contribution is 0.133. The van der Waals surface area contributed by atoms with Gasteiger partial charge in [0.15, 0.2) is 0 Å². The molecule has 90 valence electrons. The van der Waals surface area contributed by atoms with Gasteiger partial charge in [-0.3, -0.25) is 0 Å². The van der Waals surface area contributed by atoms with Gasteiger partial charge in [0.1, 0.15) is 0 Å². The average Bonchev–Trinajstić information content (AvgIpc) is 3.11. The van der Waals surface area contributed by atoms with Crippen LogP contribution in [0.1, 0.15) is 51.4 Å². The molecule has 4 aliphatic carbocycles. The van der Waals surface area contributed by atoms with Crippen LogP contribution in [0.25, 0.3) is 0 Å². The molecule has 1 nitrogen and oxygen atoms in total. The Balaban J connectivity index is 0.000000104. The summed E-state index contributed by atoms with van der Waals surface area (Å²) in [5.74, 6) is 2.96. The standard InChI is InChI=1S/C8H14O.C7H10/c9-6-8-3-1-7(5-8)2-4-8;1-2-7-4-3-6(1)5-7/h7,9H,1-6H2;1-2,6-7H,3-5H2. The molecular weight excluding hydrogens is 196 g/mol. The van der Waals surface area contributed by atoms with Crippen LogP contribution < -0.4 is 0 Å². The van der Waals surface area contributed by atoms with Gasteiger partial charge in [-0.25, -0.2) is 0 Å². The third-order valence-corrected chi connectivity index (χ3v) is 5.39. The molecule has 1 N–H and O–H groups in total. The lowest BCUT2D eigenvalue weighted by Gasteiger charge is -2.22. The van der Waals surface area contributed by atoms with Crippen LogP contribution in [-0.4, -0.2) is 11.7 Å². The van der Waals surface area contributed by atoms with Crippen molar-refractivity contribution >= 4 is 0 Å². The zero-order valence-corrected chi connectivity index (χ0v) is 10.2. The van der Waals surface area contributed by atoms with Crippen molar-refractivity contribution in [3.05, 3.63) is 12.2 Å². The van der Waals surface area contributed by atoms with Crippen LogP contribution in [0.5, 0.6) is 0 Å². The summed E-state index contributed by atoms with van der Waals surface area (Å²) >= 11 is 0. The molecule has 3 fully saturated rings. The Kier molecular flexibility index (Phi) is 2.83. The van der Waals surface area contributed by atoms with Crippen molar-refractivity contribution < 1.29 is 5.11 Å². The predicted molar refractivity (Wildman–Crippen MR) is 66.1 cm³/mol. The third kappa shape index (κ3) is 1.95. The second-order valence-corrected chi connectivity index (χ2v) is 6.52. The van der Waals surface area contributed by atoms with Gasteiger partial charge in [0.2, 0.25) is 0 Å². The van der Waals surface area contributed by atoms with E-state index in [2.05, 4.69) is 12.2 Å². The second-order valence-electron chi connectivity index (χ2n) is 6.52. The summed E-state index contributed by atoms with van der Waals surface area (Å²) in [4.78, 5) is 0. The first-order valence-electron chi connectivity index (χ1n) is 7.09. The lowest BCUT2D eigenvalue weighted by Crippen LogP contribution is -2.18. The van der Waals surface area contributed by atoms with Gasteiger partial charge >= 0.3 is 0 Å². The van der Waals surface area contributed by atoms with Gasteiger partial charge in [-0.1, -0.05) is 12.2 Å². The zero-order valence-electron chi connectivity index (χ0n) is 10.2. The normalized spacial score (nSPS) is 47.2. The van der Waals surface area contributed by atoms with Crippen molar-refractivity contribution in [1.82, 2.24) is 0 Å². The Morgan fingerprint density at radius 1 is 1.00 bits per heavy atom. The molecule has 0 radical (unpaired) electrons. The quantitative estimate of drug-likeness (QED) is 0.670. The van der Waals surface area contributed by atoms with Gasteiger partial charge in [0, 0.05) is 6.61 Å². The topological polar surface area (TPSA) is 20.2 Å².